The number of carboxylic acids is 1. The summed E-state index contributed by atoms with van der Waals surface area (Å²) in [7, 11) is 0. The first kappa shape index (κ1) is 27.7. The van der Waals surface area contributed by atoms with Crippen LogP contribution >= 0.6 is 0 Å². The molecule has 1 aromatic rings. The molecule has 0 saturated heterocycles. The Hall–Kier alpha value is -3.34. The highest BCUT2D eigenvalue weighted by molar-refractivity contribution is 6.28. The summed E-state index contributed by atoms with van der Waals surface area (Å²) in [5, 5.41) is 12.7. The lowest BCUT2D eigenvalue weighted by molar-refractivity contribution is -0.169. The van der Waals surface area contributed by atoms with Crippen LogP contribution in [0.3, 0.4) is 0 Å². The third-order valence-electron chi connectivity index (χ3n) is 4.17. The SMILES string of the molecule is CCN(CC(COc1ccccc1C)OC(=O)C(=O)O)NC(=O)C(C)NC(=O)OC(C)(C)C. The van der Waals surface area contributed by atoms with Crippen LogP contribution in [0.25, 0.3) is 0 Å². The molecule has 3 N–H and O–H groups in total. The second-order valence-corrected chi connectivity index (χ2v) is 8.29. The Kier molecular flexibility index (Phi) is 10.6. The third-order valence-corrected chi connectivity index (χ3v) is 4.17. The zero-order chi connectivity index (χ0) is 25.2. The second kappa shape index (κ2) is 12.6. The number of alkyl carbamates (subject to hydrolysis) is 1. The van der Waals surface area contributed by atoms with Crippen molar-refractivity contribution < 1.29 is 38.5 Å². The van der Waals surface area contributed by atoms with E-state index in [4.69, 9.17) is 19.3 Å². The number of carbonyl (C=O) groups excluding carboxylic acids is 3. The van der Waals surface area contributed by atoms with E-state index in [2.05, 4.69) is 10.7 Å². The van der Waals surface area contributed by atoms with Crippen LogP contribution < -0.4 is 15.5 Å². The van der Waals surface area contributed by atoms with Gasteiger partial charge in [0.15, 0.2) is 6.10 Å². The molecule has 1 aromatic carbocycles. The molecule has 0 heterocycles. The minimum absolute atomic E-state index is 0.0493. The van der Waals surface area contributed by atoms with Crippen molar-refractivity contribution in [1.29, 1.82) is 0 Å². The van der Waals surface area contributed by atoms with Crippen molar-refractivity contribution in [3.63, 3.8) is 0 Å². The molecule has 0 aliphatic rings. The first-order valence-corrected chi connectivity index (χ1v) is 10.5. The molecule has 0 radical (unpaired) electrons. The normalized spacial score (nSPS) is 12.9. The largest absolute Gasteiger partial charge is 0.489 e. The maximum absolute atomic E-state index is 12.5. The molecule has 1 rings (SSSR count). The fraction of sp³-hybridized carbons (Fsp3) is 0.545. The minimum Gasteiger partial charge on any atom is -0.489 e. The summed E-state index contributed by atoms with van der Waals surface area (Å²) >= 11 is 0. The molecule has 0 fully saturated rings. The molecule has 2 atom stereocenters. The molecule has 11 nitrogen and oxygen atoms in total. The van der Waals surface area contributed by atoms with Gasteiger partial charge in [-0.15, -0.1) is 0 Å². The predicted molar refractivity (Wildman–Crippen MR) is 118 cm³/mol. The highest BCUT2D eigenvalue weighted by atomic mass is 16.6. The first-order chi connectivity index (χ1) is 15.3. The average Bonchev–Trinajstić information content (AvgIpc) is 2.70. The average molecular weight is 468 g/mol. The van der Waals surface area contributed by atoms with Crippen LogP contribution in [0, 0.1) is 6.92 Å². The number of hydrogen-bond donors (Lipinski definition) is 3. The van der Waals surface area contributed by atoms with Crippen LogP contribution in [0.1, 0.15) is 40.2 Å². The van der Waals surface area contributed by atoms with E-state index in [1.165, 1.54) is 11.9 Å². The van der Waals surface area contributed by atoms with Crippen LogP contribution in [-0.2, 0) is 23.9 Å². The van der Waals surface area contributed by atoms with E-state index in [1.807, 2.05) is 19.1 Å². The number of nitrogens with one attached hydrogen (secondary N) is 2. The lowest BCUT2D eigenvalue weighted by Crippen LogP contribution is -2.54. The molecule has 11 heteroatoms. The van der Waals surface area contributed by atoms with E-state index in [9.17, 15) is 19.2 Å². The Balaban J connectivity index is 2.78. The number of aryl methyl sites for hydroxylation is 1. The van der Waals surface area contributed by atoms with Crippen molar-refractivity contribution in [3.8, 4) is 5.75 Å². The number of carbonyl (C=O) groups is 4. The van der Waals surface area contributed by atoms with Gasteiger partial charge in [0.1, 0.15) is 24.0 Å². The number of rotatable bonds is 10. The monoisotopic (exact) mass is 467 g/mol. The fourth-order valence-electron chi connectivity index (χ4n) is 2.53. The number of hydrogen-bond acceptors (Lipinski definition) is 8. The molecule has 33 heavy (non-hydrogen) atoms. The van der Waals surface area contributed by atoms with Crippen LogP contribution in [0.15, 0.2) is 24.3 Å². The van der Waals surface area contributed by atoms with Crippen LogP contribution in [0.5, 0.6) is 5.75 Å². The highest BCUT2D eigenvalue weighted by Crippen LogP contribution is 2.17. The number of amides is 2. The number of ether oxygens (including phenoxy) is 3. The van der Waals surface area contributed by atoms with Gasteiger partial charge in [-0.25, -0.2) is 19.4 Å². The summed E-state index contributed by atoms with van der Waals surface area (Å²) in [4.78, 5) is 46.9. The molecule has 0 saturated carbocycles. The Morgan fingerprint density at radius 2 is 1.79 bits per heavy atom. The Morgan fingerprint density at radius 3 is 2.33 bits per heavy atom. The van der Waals surface area contributed by atoms with Gasteiger partial charge in [0, 0.05) is 6.54 Å². The summed E-state index contributed by atoms with van der Waals surface area (Å²) in [5.74, 6) is -3.16. The number of aliphatic carboxylic acids is 1. The number of hydrazine groups is 1. The minimum atomic E-state index is -1.74. The highest BCUT2D eigenvalue weighted by Gasteiger charge is 2.26. The summed E-state index contributed by atoms with van der Waals surface area (Å²) < 4.78 is 15.8. The third kappa shape index (κ3) is 10.7. The van der Waals surface area contributed by atoms with E-state index < -0.39 is 41.7 Å². The van der Waals surface area contributed by atoms with Gasteiger partial charge in [-0.05, 0) is 46.2 Å². The standard InChI is InChI=1S/C22H33N3O8/c1-7-25(24-18(26)15(3)23-21(30)33-22(4,5)6)12-16(32-20(29)19(27)28)13-31-17-11-9-8-10-14(17)2/h8-11,15-16H,7,12-13H2,1-6H3,(H,23,30)(H,24,26)(H,27,28). The van der Waals surface area contributed by atoms with Crippen molar-refractivity contribution in [2.75, 3.05) is 19.7 Å². The Bertz CT molecular complexity index is 837. The van der Waals surface area contributed by atoms with Gasteiger partial charge in [-0.3, -0.25) is 10.2 Å². The van der Waals surface area contributed by atoms with Gasteiger partial charge in [-0.2, -0.15) is 0 Å². The van der Waals surface area contributed by atoms with Gasteiger partial charge in [-0.1, -0.05) is 25.1 Å². The van der Waals surface area contributed by atoms with Crippen molar-refractivity contribution >= 4 is 23.9 Å². The number of carboxylic acid groups (broad SMARTS) is 1. The fourth-order valence-corrected chi connectivity index (χ4v) is 2.53. The molecular formula is C22H33N3O8. The topological polar surface area (TPSA) is 144 Å². The quantitative estimate of drug-likeness (QED) is 0.266. The van der Waals surface area contributed by atoms with Gasteiger partial charge in [0.05, 0.1) is 6.54 Å². The van der Waals surface area contributed by atoms with E-state index in [0.29, 0.717) is 12.3 Å². The van der Waals surface area contributed by atoms with E-state index >= 15 is 0 Å². The molecule has 0 spiro atoms. The van der Waals surface area contributed by atoms with Crippen molar-refractivity contribution in [2.24, 2.45) is 0 Å². The van der Waals surface area contributed by atoms with Crippen LogP contribution in [-0.4, -0.2) is 71.5 Å². The van der Waals surface area contributed by atoms with E-state index in [0.717, 1.165) is 5.56 Å². The first-order valence-electron chi connectivity index (χ1n) is 10.5. The Labute approximate surface area is 193 Å². The number of para-hydroxylation sites is 1. The second-order valence-electron chi connectivity index (χ2n) is 8.29. The molecule has 2 amide bonds. The number of benzene rings is 1. The number of esters is 1. The van der Waals surface area contributed by atoms with Gasteiger partial charge in [0.25, 0.3) is 5.91 Å². The summed E-state index contributed by atoms with van der Waals surface area (Å²) in [6.45, 7) is 10.3. The lowest BCUT2D eigenvalue weighted by atomic mass is 10.2. The number of nitrogens with zero attached hydrogens (tertiary/aromatic N) is 1. The van der Waals surface area contributed by atoms with E-state index in [1.54, 1.807) is 39.8 Å². The van der Waals surface area contributed by atoms with Crippen LogP contribution in [0.4, 0.5) is 4.79 Å². The van der Waals surface area contributed by atoms with Crippen molar-refractivity contribution in [2.45, 2.75) is 59.3 Å². The molecule has 0 aliphatic carbocycles. The molecular weight excluding hydrogens is 434 g/mol. The molecule has 2 unspecified atom stereocenters. The van der Waals surface area contributed by atoms with Crippen molar-refractivity contribution in [1.82, 2.24) is 15.8 Å². The molecule has 0 aromatic heterocycles. The predicted octanol–water partition coefficient (Wildman–Crippen LogP) is 1.64. The zero-order valence-corrected chi connectivity index (χ0v) is 19.8. The number of likely N-dealkylation sites (N-methyl/N-ethyl adjacent to an activating group) is 1. The maximum atomic E-state index is 12.5. The summed E-state index contributed by atoms with van der Waals surface area (Å²) in [5.41, 5.74) is 2.74. The maximum Gasteiger partial charge on any atom is 0.417 e. The van der Waals surface area contributed by atoms with Crippen LogP contribution in [0.2, 0.25) is 0 Å². The van der Waals surface area contributed by atoms with Crippen molar-refractivity contribution in [3.05, 3.63) is 29.8 Å². The molecule has 0 bridgehead atoms. The summed E-state index contributed by atoms with van der Waals surface area (Å²) in [6.07, 6.45) is -1.74. The smallest absolute Gasteiger partial charge is 0.417 e. The zero-order valence-electron chi connectivity index (χ0n) is 19.8. The Morgan fingerprint density at radius 1 is 1.15 bits per heavy atom. The molecule has 0 aliphatic heterocycles. The van der Waals surface area contributed by atoms with Gasteiger partial charge in [0.2, 0.25) is 0 Å². The van der Waals surface area contributed by atoms with E-state index in [-0.39, 0.29) is 13.2 Å². The lowest BCUT2D eigenvalue weighted by Gasteiger charge is -2.28. The molecule has 184 valence electrons. The van der Waals surface area contributed by atoms with Gasteiger partial charge < -0.3 is 24.6 Å². The summed E-state index contributed by atoms with van der Waals surface area (Å²) in [6, 6.07) is 6.26. The van der Waals surface area contributed by atoms with Gasteiger partial charge >= 0.3 is 18.0 Å².